The highest BCUT2D eigenvalue weighted by Gasteiger charge is 2.31. The van der Waals surface area contributed by atoms with Gasteiger partial charge in [-0.15, -0.1) is 0 Å². The third kappa shape index (κ3) is 3.95. The molecule has 0 unspecified atom stereocenters. The molecule has 2 aromatic rings. The van der Waals surface area contributed by atoms with Gasteiger partial charge >= 0.3 is 0 Å². The molecule has 1 atom stereocenters. The minimum absolute atomic E-state index is 0.162. The first-order valence-electron chi connectivity index (χ1n) is 8.77. The standard InChI is InChI=1S/C17H24FN5O2/c1-4-12-13(18)16(20-9-19-12)21-14(11-5-7-24-8-6-11)17-22-15(10(2)3)23-25-17/h9-11,14H,4-8H2,1-3H3,(H,19,20,21)/t14-/m0/s1. The lowest BCUT2D eigenvalue weighted by atomic mass is 9.91. The Balaban J connectivity index is 1.90. The summed E-state index contributed by atoms with van der Waals surface area (Å²) in [6, 6.07) is -0.307. The molecule has 1 N–H and O–H groups in total. The van der Waals surface area contributed by atoms with Crippen LogP contribution in [-0.2, 0) is 11.2 Å². The Kier molecular flexibility index (Phi) is 5.57. The van der Waals surface area contributed by atoms with Gasteiger partial charge in [-0.05, 0) is 25.2 Å². The van der Waals surface area contributed by atoms with Crippen LogP contribution in [0, 0.1) is 11.7 Å². The molecule has 2 aromatic heterocycles. The first-order valence-corrected chi connectivity index (χ1v) is 8.77. The van der Waals surface area contributed by atoms with Gasteiger partial charge in [-0.2, -0.15) is 4.98 Å². The van der Waals surface area contributed by atoms with Gasteiger partial charge in [0.25, 0.3) is 0 Å². The van der Waals surface area contributed by atoms with Crippen LogP contribution in [0.25, 0.3) is 0 Å². The summed E-state index contributed by atoms with van der Waals surface area (Å²) in [7, 11) is 0. The van der Waals surface area contributed by atoms with Crippen molar-refractivity contribution >= 4 is 5.82 Å². The molecule has 3 rings (SSSR count). The number of nitrogens with one attached hydrogen (secondary N) is 1. The number of hydrogen-bond acceptors (Lipinski definition) is 7. The van der Waals surface area contributed by atoms with Gasteiger partial charge in [-0.25, -0.2) is 14.4 Å². The molecule has 0 bridgehead atoms. The van der Waals surface area contributed by atoms with Crippen molar-refractivity contribution in [1.29, 1.82) is 0 Å². The highest BCUT2D eigenvalue weighted by molar-refractivity contribution is 5.39. The van der Waals surface area contributed by atoms with Gasteiger partial charge in [0.1, 0.15) is 12.4 Å². The van der Waals surface area contributed by atoms with Crippen molar-refractivity contribution in [2.45, 2.75) is 52.0 Å². The van der Waals surface area contributed by atoms with Gasteiger partial charge in [0, 0.05) is 19.1 Å². The molecule has 1 saturated heterocycles. The number of aryl methyl sites for hydroxylation is 1. The van der Waals surface area contributed by atoms with Gasteiger partial charge in [-0.3, -0.25) is 0 Å². The number of halogens is 1. The van der Waals surface area contributed by atoms with Gasteiger partial charge < -0.3 is 14.6 Å². The molecule has 0 saturated carbocycles. The Morgan fingerprint density at radius 1 is 1.28 bits per heavy atom. The maximum Gasteiger partial charge on any atom is 0.249 e. The summed E-state index contributed by atoms with van der Waals surface area (Å²) in [5.41, 5.74) is 0.386. The van der Waals surface area contributed by atoms with Crippen molar-refractivity contribution in [3.8, 4) is 0 Å². The summed E-state index contributed by atoms with van der Waals surface area (Å²) in [5, 5.41) is 7.23. The topological polar surface area (TPSA) is 86.0 Å². The quantitative estimate of drug-likeness (QED) is 0.856. The first-order chi connectivity index (χ1) is 12.1. The van der Waals surface area contributed by atoms with E-state index in [-0.39, 0.29) is 23.7 Å². The fourth-order valence-electron chi connectivity index (χ4n) is 2.94. The summed E-state index contributed by atoms with van der Waals surface area (Å²) in [5.74, 6) is 1.22. The minimum Gasteiger partial charge on any atom is -0.381 e. The highest BCUT2D eigenvalue weighted by Crippen LogP contribution is 2.33. The van der Waals surface area contributed by atoms with Crippen LogP contribution >= 0.6 is 0 Å². The molecule has 0 amide bonds. The predicted molar refractivity (Wildman–Crippen MR) is 89.7 cm³/mol. The zero-order chi connectivity index (χ0) is 17.8. The summed E-state index contributed by atoms with van der Waals surface area (Å²) in [6.07, 6.45) is 3.55. The molecule has 136 valence electrons. The van der Waals surface area contributed by atoms with E-state index in [2.05, 4.69) is 25.4 Å². The second kappa shape index (κ2) is 7.86. The molecule has 7 nitrogen and oxygen atoms in total. The van der Waals surface area contributed by atoms with Crippen LogP contribution in [0.3, 0.4) is 0 Å². The Hall–Kier alpha value is -2.09. The average molecular weight is 349 g/mol. The number of rotatable bonds is 6. The Bertz CT molecular complexity index is 700. The second-order valence-electron chi connectivity index (χ2n) is 6.55. The number of ether oxygens (including phenoxy) is 1. The molecule has 25 heavy (non-hydrogen) atoms. The fraction of sp³-hybridized carbons (Fsp3) is 0.647. The number of hydrogen-bond donors (Lipinski definition) is 1. The van der Waals surface area contributed by atoms with Crippen LogP contribution < -0.4 is 5.32 Å². The zero-order valence-corrected chi connectivity index (χ0v) is 14.8. The van der Waals surface area contributed by atoms with E-state index < -0.39 is 5.82 Å². The molecule has 1 aliphatic rings. The average Bonchev–Trinajstić information content (AvgIpc) is 3.12. The van der Waals surface area contributed by atoms with Crippen molar-refractivity contribution in [2.75, 3.05) is 18.5 Å². The second-order valence-corrected chi connectivity index (χ2v) is 6.55. The third-order valence-electron chi connectivity index (χ3n) is 4.47. The van der Waals surface area contributed by atoms with Crippen molar-refractivity contribution in [3.63, 3.8) is 0 Å². The summed E-state index contributed by atoms with van der Waals surface area (Å²) in [4.78, 5) is 12.6. The van der Waals surface area contributed by atoms with Crippen LogP contribution in [0.2, 0.25) is 0 Å². The Morgan fingerprint density at radius 2 is 2.04 bits per heavy atom. The maximum absolute atomic E-state index is 14.6. The highest BCUT2D eigenvalue weighted by atomic mass is 19.1. The number of aromatic nitrogens is 4. The van der Waals surface area contributed by atoms with E-state index in [9.17, 15) is 4.39 Å². The molecule has 1 fully saturated rings. The lowest BCUT2D eigenvalue weighted by molar-refractivity contribution is 0.0570. The Labute approximate surface area is 146 Å². The summed E-state index contributed by atoms with van der Waals surface area (Å²) < 4.78 is 25.5. The van der Waals surface area contributed by atoms with Gasteiger partial charge in [0.2, 0.25) is 5.89 Å². The minimum atomic E-state index is -0.425. The van der Waals surface area contributed by atoms with E-state index in [0.717, 1.165) is 12.8 Å². The smallest absolute Gasteiger partial charge is 0.249 e. The van der Waals surface area contributed by atoms with E-state index in [0.29, 0.717) is 37.0 Å². The molecule has 8 heteroatoms. The SMILES string of the molecule is CCc1ncnc(N[C@H](c2nc(C(C)C)no2)C2CCOCC2)c1F. The molecular weight excluding hydrogens is 325 g/mol. The largest absolute Gasteiger partial charge is 0.381 e. The third-order valence-corrected chi connectivity index (χ3v) is 4.47. The predicted octanol–water partition coefficient (Wildman–Crippen LogP) is 3.26. The molecule has 0 aliphatic carbocycles. The van der Waals surface area contributed by atoms with E-state index in [1.807, 2.05) is 20.8 Å². The maximum atomic E-state index is 14.6. The summed E-state index contributed by atoms with van der Waals surface area (Å²) >= 11 is 0. The van der Waals surface area contributed by atoms with Crippen molar-refractivity contribution in [1.82, 2.24) is 20.1 Å². The van der Waals surface area contributed by atoms with Crippen LogP contribution in [0.15, 0.2) is 10.9 Å². The van der Waals surface area contributed by atoms with E-state index >= 15 is 0 Å². The van der Waals surface area contributed by atoms with Crippen LogP contribution in [0.5, 0.6) is 0 Å². The van der Waals surface area contributed by atoms with E-state index in [1.54, 1.807) is 0 Å². The molecule has 0 spiro atoms. The van der Waals surface area contributed by atoms with Crippen molar-refractivity contribution in [2.24, 2.45) is 5.92 Å². The zero-order valence-electron chi connectivity index (χ0n) is 14.8. The number of anilines is 1. The molecular formula is C17H24FN5O2. The molecule has 0 aromatic carbocycles. The fourth-order valence-corrected chi connectivity index (χ4v) is 2.94. The van der Waals surface area contributed by atoms with Gasteiger partial charge in [-0.1, -0.05) is 25.9 Å². The van der Waals surface area contributed by atoms with Crippen LogP contribution in [0.1, 0.15) is 63.0 Å². The molecule has 0 radical (unpaired) electrons. The lowest BCUT2D eigenvalue weighted by Crippen LogP contribution is -2.28. The van der Waals surface area contributed by atoms with Crippen molar-refractivity contribution in [3.05, 3.63) is 29.6 Å². The van der Waals surface area contributed by atoms with Crippen molar-refractivity contribution < 1.29 is 13.7 Å². The lowest BCUT2D eigenvalue weighted by Gasteiger charge is -2.29. The van der Waals surface area contributed by atoms with E-state index in [1.165, 1.54) is 6.33 Å². The first kappa shape index (κ1) is 17.7. The molecule has 3 heterocycles. The number of nitrogens with zero attached hydrogens (tertiary/aromatic N) is 4. The summed E-state index contributed by atoms with van der Waals surface area (Å²) in [6.45, 7) is 7.20. The molecule has 1 aliphatic heterocycles. The van der Waals surface area contributed by atoms with Crippen LogP contribution in [0.4, 0.5) is 10.2 Å². The Morgan fingerprint density at radius 3 is 2.68 bits per heavy atom. The normalized spacial score (nSPS) is 17.0. The van der Waals surface area contributed by atoms with Gasteiger partial charge in [0.15, 0.2) is 17.5 Å². The van der Waals surface area contributed by atoms with Gasteiger partial charge in [0.05, 0.1) is 5.69 Å². The van der Waals surface area contributed by atoms with E-state index in [4.69, 9.17) is 9.26 Å². The van der Waals surface area contributed by atoms with Crippen LogP contribution in [-0.4, -0.2) is 33.3 Å². The monoisotopic (exact) mass is 349 g/mol.